The summed E-state index contributed by atoms with van der Waals surface area (Å²) in [6, 6.07) is 4.16. The van der Waals surface area contributed by atoms with Crippen LogP contribution in [0.5, 0.6) is 0 Å². The van der Waals surface area contributed by atoms with Gasteiger partial charge in [0.05, 0.1) is 10.6 Å². The quantitative estimate of drug-likeness (QED) is 0.889. The van der Waals surface area contributed by atoms with E-state index in [2.05, 4.69) is 36.3 Å². The Balaban J connectivity index is 2.43. The second-order valence-electron chi connectivity index (χ2n) is 3.66. The van der Waals surface area contributed by atoms with Crippen LogP contribution in [-0.4, -0.2) is 4.98 Å². The fourth-order valence-corrected chi connectivity index (χ4v) is 3.36. The highest BCUT2D eigenvalue weighted by Crippen LogP contribution is 2.33. The zero-order valence-corrected chi connectivity index (χ0v) is 10.5. The van der Waals surface area contributed by atoms with Gasteiger partial charge in [0, 0.05) is 11.4 Å². The third kappa shape index (κ3) is 2.12. The third-order valence-corrected chi connectivity index (χ3v) is 4.32. The van der Waals surface area contributed by atoms with Gasteiger partial charge in [-0.3, -0.25) is 0 Å². The van der Waals surface area contributed by atoms with Crippen molar-refractivity contribution in [1.82, 2.24) is 4.98 Å². The molecule has 0 spiro atoms. The van der Waals surface area contributed by atoms with Crippen molar-refractivity contribution in [2.45, 2.75) is 26.3 Å². The molecule has 80 valence electrons. The topological polar surface area (TPSA) is 38.9 Å². The van der Waals surface area contributed by atoms with Crippen LogP contribution in [0.4, 0.5) is 0 Å². The molecule has 4 heteroatoms. The fraction of sp³-hybridized carbons (Fsp3) is 0.364. The molecule has 2 aromatic heterocycles. The molecule has 2 rings (SSSR count). The van der Waals surface area contributed by atoms with E-state index in [1.165, 1.54) is 9.75 Å². The van der Waals surface area contributed by atoms with Crippen LogP contribution in [0.15, 0.2) is 17.5 Å². The molecule has 0 aliphatic carbocycles. The van der Waals surface area contributed by atoms with Crippen molar-refractivity contribution in [2.75, 3.05) is 0 Å². The molecular formula is C11H14N2S2. The van der Waals surface area contributed by atoms with Crippen molar-refractivity contribution >= 4 is 22.7 Å². The van der Waals surface area contributed by atoms with Crippen LogP contribution in [0, 0.1) is 0 Å². The Morgan fingerprint density at radius 1 is 1.47 bits per heavy atom. The molecule has 0 bridgehead atoms. The number of nitrogens with two attached hydrogens (primary N) is 1. The van der Waals surface area contributed by atoms with E-state index in [0.29, 0.717) is 12.5 Å². The van der Waals surface area contributed by atoms with Crippen molar-refractivity contribution in [3.05, 3.63) is 28.1 Å². The first-order valence-corrected chi connectivity index (χ1v) is 6.65. The highest BCUT2D eigenvalue weighted by Gasteiger charge is 2.14. The number of thiophene rings is 1. The molecule has 0 unspecified atom stereocenters. The highest BCUT2D eigenvalue weighted by atomic mass is 32.1. The lowest BCUT2D eigenvalue weighted by atomic mass is 10.1. The zero-order valence-electron chi connectivity index (χ0n) is 8.86. The van der Waals surface area contributed by atoms with Crippen molar-refractivity contribution in [3.63, 3.8) is 0 Å². The molecule has 2 nitrogen and oxygen atoms in total. The number of hydrogen-bond acceptors (Lipinski definition) is 4. The molecule has 15 heavy (non-hydrogen) atoms. The van der Waals surface area contributed by atoms with Gasteiger partial charge in [-0.05, 0) is 17.4 Å². The molecule has 0 aliphatic heterocycles. The fourth-order valence-electron chi connectivity index (χ4n) is 1.47. The summed E-state index contributed by atoms with van der Waals surface area (Å²) in [5.74, 6) is 0.452. The lowest BCUT2D eigenvalue weighted by Gasteiger charge is -2.01. The highest BCUT2D eigenvalue weighted by molar-refractivity contribution is 7.21. The SMILES string of the molecule is CC(C)c1nc(-c2cccs2)sc1CN. The van der Waals surface area contributed by atoms with E-state index in [4.69, 9.17) is 5.73 Å². The number of aromatic nitrogens is 1. The van der Waals surface area contributed by atoms with Gasteiger partial charge < -0.3 is 5.73 Å². The summed E-state index contributed by atoms with van der Waals surface area (Å²) in [6.45, 7) is 4.91. The lowest BCUT2D eigenvalue weighted by Crippen LogP contribution is -1.99. The van der Waals surface area contributed by atoms with Crippen LogP contribution in [0.25, 0.3) is 9.88 Å². The van der Waals surface area contributed by atoms with Crippen LogP contribution >= 0.6 is 22.7 Å². The Morgan fingerprint density at radius 3 is 2.73 bits per heavy atom. The Hall–Kier alpha value is -0.710. The van der Waals surface area contributed by atoms with Crippen molar-refractivity contribution < 1.29 is 0 Å². The minimum atomic E-state index is 0.452. The summed E-state index contributed by atoms with van der Waals surface area (Å²) in [5.41, 5.74) is 6.89. The summed E-state index contributed by atoms with van der Waals surface area (Å²) in [6.07, 6.45) is 0. The molecule has 0 saturated heterocycles. The van der Waals surface area contributed by atoms with E-state index >= 15 is 0 Å². The smallest absolute Gasteiger partial charge is 0.133 e. The van der Waals surface area contributed by atoms with E-state index < -0.39 is 0 Å². The van der Waals surface area contributed by atoms with Gasteiger partial charge in [0.25, 0.3) is 0 Å². The molecule has 2 N–H and O–H groups in total. The maximum Gasteiger partial charge on any atom is 0.133 e. The van der Waals surface area contributed by atoms with Gasteiger partial charge in [0.15, 0.2) is 0 Å². The first-order valence-electron chi connectivity index (χ1n) is 4.96. The molecule has 0 saturated carbocycles. The lowest BCUT2D eigenvalue weighted by molar-refractivity contribution is 0.814. The summed E-state index contributed by atoms with van der Waals surface area (Å²) < 4.78 is 0. The largest absolute Gasteiger partial charge is 0.326 e. The minimum Gasteiger partial charge on any atom is -0.326 e. The van der Waals surface area contributed by atoms with Crippen LogP contribution in [-0.2, 0) is 6.54 Å². The molecule has 0 fully saturated rings. The molecule has 0 radical (unpaired) electrons. The Bertz CT molecular complexity index is 429. The van der Waals surface area contributed by atoms with Gasteiger partial charge >= 0.3 is 0 Å². The summed E-state index contributed by atoms with van der Waals surface area (Å²) >= 11 is 3.45. The summed E-state index contributed by atoms with van der Waals surface area (Å²) in [5, 5.41) is 3.18. The van der Waals surface area contributed by atoms with Crippen LogP contribution < -0.4 is 5.73 Å². The van der Waals surface area contributed by atoms with Gasteiger partial charge in [-0.15, -0.1) is 22.7 Å². The van der Waals surface area contributed by atoms with Gasteiger partial charge in [-0.1, -0.05) is 19.9 Å². The van der Waals surface area contributed by atoms with E-state index in [0.717, 1.165) is 10.7 Å². The molecule has 0 aromatic carbocycles. The predicted octanol–water partition coefficient (Wildman–Crippen LogP) is 3.45. The van der Waals surface area contributed by atoms with E-state index in [-0.39, 0.29) is 0 Å². The maximum absolute atomic E-state index is 5.73. The predicted molar refractivity (Wildman–Crippen MR) is 67.4 cm³/mol. The van der Waals surface area contributed by atoms with E-state index in [1.807, 2.05) is 0 Å². The summed E-state index contributed by atoms with van der Waals surface area (Å²) in [4.78, 5) is 7.13. The second kappa shape index (κ2) is 4.43. The minimum absolute atomic E-state index is 0.452. The van der Waals surface area contributed by atoms with Crippen LogP contribution in [0.2, 0.25) is 0 Å². The molecule has 0 amide bonds. The Kier molecular flexibility index (Phi) is 3.19. The van der Waals surface area contributed by atoms with Crippen LogP contribution in [0.1, 0.15) is 30.3 Å². The normalized spacial score (nSPS) is 11.2. The number of thiazole rings is 1. The summed E-state index contributed by atoms with van der Waals surface area (Å²) in [7, 11) is 0. The van der Waals surface area contributed by atoms with E-state index in [1.54, 1.807) is 22.7 Å². The van der Waals surface area contributed by atoms with Crippen LogP contribution in [0.3, 0.4) is 0 Å². The maximum atomic E-state index is 5.73. The Labute approximate surface area is 97.8 Å². The van der Waals surface area contributed by atoms with Gasteiger partial charge in [-0.2, -0.15) is 0 Å². The van der Waals surface area contributed by atoms with Crippen molar-refractivity contribution in [3.8, 4) is 9.88 Å². The third-order valence-electron chi connectivity index (χ3n) is 2.19. The Morgan fingerprint density at radius 2 is 2.27 bits per heavy atom. The van der Waals surface area contributed by atoms with Crippen molar-refractivity contribution in [2.24, 2.45) is 5.73 Å². The van der Waals surface area contributed by atoms with E-state index in [9.17, 15) is 0 Å². The molecular weight excluding hydrogens is 224 g/mol. The molecule has 2 heterocycles. The molecule has 0 atom stereocenters. The van der Waals surface area contributed by atoms with Crippen molar-refractivity contribution in [1.29, 1.82) is 0 Å². The molecule has 0 aliphatic rings. The first kappa shape index (κ1) is 10.8. The second-order valence-corrected chi connectivity index (χ2v) is 5.69. The number of hydrogen-bond donors (Lipinski definition) is 1. The average Bonchev–Trinajstić information content (AvgIpc) is 2.86. The first-order chi connectivity index (χ1) is 7.22. The standard InChI is InChI=1S/C11H14N2S2/c1-7(2)10-9(6-12)15-11(13-10)8-4-3-5-14-8/h3-5,7H,6,12H2,1-2H3. The monoisotopic (exact) mass is 238 g/mol. The average molecular weight is 238 g/mol. The van der Waals surface area contributed by atoms with Gasteiger partial charge in [0.2, 0.25) is 0 Å². The number of rotatable bonds is 3. The zero-order chi connectivity index (χ0) is 10.8. The number of nitrogens with zero attached hydrogens (tertiary/aromatic N) is 1. The molecule has 2 aromatic rings. The van der Waals surface area contributed by atoms with Gasteiger partial charge in [0.1, 0.15) is 5.01 Å². The van der Waals surface area contributed by atoms with Gasteiger partial charge in [-0.25, -0.2) is 4.98 Å².